The molecule has 2 fully saturated rings. The number of aromatic hydroxyl groups is 1. The van der Waals surface area contributed by atoms with Crippen molar-refractivity contribution < 1.29 is 38.6 Å². The summed E-state index contributed by atoms with van der Waals surface area (Å²) >= 11 is 0. The maximum atomic E-state index is 14.5. The first kappa shape index (κ1) is 33.6. The highest BCUT2D eigenvalue weighted by molar-refractivity contribution is 6.33. The van der Waals surface area contributed by atoms with Gasteiger partial charge >= 0.3 is 5.97 Å². The highest BCUT2D eigenvalue weighted by Crippen LogP contribution is 2.56. The summed E-state index contributed by atoms with van der Waals surface area (Å²) in [5, 5.41) is 24.4. The fourth-order valence-corrected chi connectivity index (χ4v) is 7.80. The molecule has 0 bridgehead atoms. The van der Waals surface area contributed by atoms with E-state index in [-0.39, 0.29) is 31.1 Å². The summed E-state index contributed by atoms with van der Waals surface area (Å²) in [6.45, 7) is 2.41. The smallest absolute Gasteiger partial charge is 0.319 e. The van der Waals surface area contributed by atoms with Gasteiger partial charge in [0.05, 0.1) is 36.4 Å². The SMILES string of the molecule is CCOC(=O)CNCc1ccc(-c2ccc(O)c3c2C[C@@]2(N)C[C@@]4(N)[C@H](N(C)C)C(=O)C(C(N)=O)C(=O)[C@@]4(C#N)C(=O)C2C3=O)cc1. The lowest BCUT2D eigenvalue weighted by Gasteiger charge is -2.60. The Bertz CT molecular complexity index is 1770. The lowest BCUT2D eigenvalue weighted by Crippen LogP contribution is -2.85. The van der Waals surface area contributed by atoms with Gasteiger partial charge in [-0.1, -0.05) is 30.3 Å². The standard InChI is InChI=1S/C33H36N6O8/c1-4-47-21(41)13-38-12-16-5-7-17(8-6-16)18-9-10-20(40)22-19(18)11-31(36)14-33(37)27(39(2)3)26(43)23(30(35)46)28(44)32(33,15-34)29(45)24(31)25(22)42/h5-10,23-24,27,38,40H,4,11-14,36-37H2,1-3H3,(H2,35,46)/t23?,24?,27-,31-,32+,33-/m1/s1. The first-order valence-corrected chi connectivity index (χ1v) is 15.0. The summed E-state index contributed by atoms with van der Waals surface area (Å²) in [5.74, 6) is -10.6. The molecule has 47 heavy (non-hydrogen) atoms. The summed E-state index contributed by atoms with van der Waals surface area (Å²) in [7, 11) is 2.89. The minimum atomic E-state index is -2.80. The summed E-state index contributed by atoms with van der Waals surface area (Å²) < 4.78 is 4.91. The van der Waals surface area contributed by atoms with E-state index in [1.54, 1.807) is 31.2 Å². The van der Waals surface area contributed by atoms with Gasteiger partial charge in [-0.3, -0.25) is 33.7 Å². The number of ether oxygens (including phenoxy) is 1. The maximum absolute atomic E-state index is 14.5. The van der Waals surface area contributed by atoms with Crippen LogP contribution in [-0.2, 0) is 41.7 Å². The molecule has 0 spiro atoms. The number of likely N-dealkylation sites (N-methyl/N-ethyl adjacent to an activating group) is 1. The Morgan fingerprint density at radius 3 is 2.32 bits per heavy atom. The Labute approximate surface area is 270 Å². The Hall–Kier alpha value is -4.81. The van der Waals surface area contributed by atoms with Gasteiger partial charge in [-0.25, -0.2) is 0 Å². The highest BCUT2D eigenvalue weighted by Gasteiger charge is 2.78. The van der Waals surface area contributed by atoms with Crippen LogP contribution >= 0.6 is 0 Å². The quantitative estimate of drug-likeness (QED) is 0.173. The van der Waals surface area contributed by atoms with Gasteiger partial charge in [0.15, 0.2) is 34.5 Å². The molecule has 14 heteroatoms. The van der Waals surface area contributed by atoms with Gasteiger partial charge in [0, 0.05) is 12.1 Å². The van der Waals surface area contributed by atoms with Crippen molar-refractivity contribution in [3.05, 3.63) is 53.1 Å². The van der Waals surface area contributed by atoms with Crippen LogP contribution in [0.25, 0.3) is 11.1 Å². The van der Waals surface area contributed by atoms with Crippen molar-refractivity contribution in [1.82, 2.24) is 10.2 Å². The summed E-state index contributed by atoms with van der Waals surface area (Å²) in [6, 6.07) is 10.3. The number of Topliss-reactive ketones (excluding diaryl/α,β-unsaturated/α-hetero) is 4. The van der Waals surface area contributed by atoms with Crippen molar-refractivity contribution in [2.75, 3.05) is 27.2 Å². The average Bonchev–Trinajstić information content (AvgIpc) is 2.97. The minimum Gasteiger partial charge on any atom is -0.507 e. The number of esters is 1. The molecule has 0 heterocycles. The van der Waals surface area contributed by atoms with Gasteiger partial charge in [0.25, 0.3) is 0 Å². The number of fused-ring (bicyclic) bond motifs is 3. The summed E-state index contributed by atoms with van der Waals surface area (Å²) in [5.41, 5.74) is 14.6. The minimum absolute atomic E-state index is 0.0342. The second kappa shape index (κ2) is 11.8. The molecule has 2 unspecified atom stereocenters. The number of carbonyl (C=O) groups excluding carboxylic acids is 6. The predicted octanol–water partition coefficient (Wildman–Crippen LogP) is -0.872. The van der Waals surface area contributed by atoms with Crippen LogP contribution in [0.15, 0.2) is 36.4 Å². The van der Waals surface area contributed by atoms with E-state index in [0.29, 0.717) is 23.2 Å². The fourth-order valence-electron chi connectivity index (χ4n) is 7.80. The molecule has 0 aromatic heterocycles. The molecular formula is C33H36N6O8. The Balaban J connectivity index is 1.59. The lowest BCUT2D eigenvalue weighted by atomic mass is 9.42. The number of amides is 1. The van der Waals surface area contributed by atoms with E-state index in [0.717, 1.165) is 5.56 Å². The van der Waals surface area contributed by atoms with Crippen molar-refractivity contribution in [3.63, 3.8) is 0 Å². The van der Waals surface area contributed by atoms with E-state index >= 15 is 0 Å². The Morgan fingerprint density at radius 2 is 1.74 bits per heavy atom. The number of nitrogens with two attached hydrogens (primary N) is 3. The third kappa shape index (κ3) is 4.85. The summed E-state index contributed by atoms with van der Waals surface area (Å²) in [4.78, 5) is 81.4. The van der Waals surface area contributed by atoms with Gasteiger partial charge < -0.3 is 32.4 Å². The molecule has 3 aliphatic rings. The number of phenols is 1. The van der Waals surface area contributed by atoms with E-state index in [2.05, 4.69) is 5.32 Å². The van der Waals surface area contributed by atoms with Crippen LogP contribution in [0.2, 0.25) is 0 Å². The molecule has 6 atom stereocenters. The monoisotopic (exact) mass is 644 g/mol. The first-order valence-electron chi connectivity index (χ1n) is 15.0. The largest absolute Gasteiger partial charge is 0.507 e. The predicted molar refractivity (Wildman–Crippen MR) is 165 cm³/mol. The summed E-state index contributed by atoms with van der Waals surface area (Å²) in [6.07, 6.45) is -0.680. The third-order valence-electron chi connectivity index (χ3n) is 9.64. The Morgan fingerprint density at radius 1 is 1.09 bits per heavy atom. The number of hydrogen-bond donors (Lipinski definition) is 5. The van der Waals surface area contributed by atoms with E-state index in [9.17, 15) is 39.1 Å². The van der Waals surface area contributed by atoms with Gasteiger partial charge in [-0.2, -0.15) is 5.26 Å². The van der Waals surface area contributed by atoms with E-state index in [1.807, 2.05) is 12.1 Å². The number of hydrogen-bond acceptors (Lipinski definition) is 13. The molecule has 1 amide bonds. The molecule has 246 valence electrons. The number of nitriles is 1. The molecule has 14 nitrogen and oxygen atoms in total. The second-order valence-electron chi connectivity index (χ2n) is 12.7. The van der Waals surface area contributed by atoms with Crippen LogP contribution in [0, 0.1) is 28.6 Å². The number of nitrogens with one attached hydrogen (secondary N) is 1. The molecule has 2 aromatic rings. The van der Waals surface area contributed by atoms with Crippen LogP contribution in [0.1, 0.15) is 34.8 Å². The number of rotatable bonds is 8. The molecular weight excluding hydrogens is 608 g/mol. The van der Waals surface area contributed by atoms with Crippen LogP contribution < -0.4 is 22.5 Å². The number of phenolic OH excluding ortho intramolecular Hbond substituents is 1. The molecule has 2 aromatic carbocycles. The molecule has 3 aliphatic carbocycles. The maximum Gasteiger partial charge on any atom is 0.319 e. The second-order valence-corrected chi connectivity index (χ2v) is 12.7. The zero-order valence-corrected chi connectivity index (χ0v) is 26.2. The van der Waals surface area contributed by atoms with Crippen LogP contribution in [0.3, 0.4) is 0 Å². The van der Waals surface area contributed by atoms with Crippen molar-refractivity contribution in [2.24, 2.45) is 34.5 Å². The zero-order chi connectivity index (χ0) is 34.6. The first-order chi connectivity index (χ1) is 22.1. The number of carbonyl (C=O) groups is 6. The van der Waals surface area contributed by atoms with Crippen molar-refractivity contribution in [2.45, 2.75) is 43.4 Å². The molecule has 5 rings (SSSR count). The van der Waals surface area contributed by atoms with E-state index < -0.39 is 75.6 Å². The Kier molecular flexibility index (Phi) is 8.40. The highest BCUT2D eigenvalue weighted by atomic mass is 16.5. The van der Waals surface area contributed by atoms with Gasteiger partial charge in [0.1, 0.15) is 11.7 Å². The van der Waals surface area contributed by atoms with Crippen molar-refractivity contribution >= 4 is 35.0 Å². The number of benzene rings is 2. The molecule has 0 aliphatic heterocycles. The van der Waals surface area contributed by atoms with Crippen LogP contribution in [0.5, 0.6) is 5.75 Å². The molecule has 8 N–H and O–H groups in total. The number of ketones is 4. The normalized spacial score (nSPS) is 29.9. The average molecular weight is 645 g/mol. The van der Waals surface area contributed by atoms with Crippen molar-refractivity contribution in [3.8, 4) is 22.9 Å². The zero-order valence-electron chi connectivity index (χ0n) is 26.2. The van der Waals surface area contributed by atoms with Crippen LogP contribution in [0.4, 0.5) is 0 Å². The van der Waals surface area contributed by atoms with E-state index in [4.69, 9.17) is 21.9 Å². The molecule has 2 saturated carbocycles. The molecule has 0 saturated heterocycles. The number of primary amides is 1. The van der Waals surface area contributed by atoms with E-state index in [1.165, 1.54) is 25.1 Å². The topological polar surface area (TPSA) is 249 Å². The lowest BCUT2D eigenvalue weighted by molar-refractivity contribution is -0.166. The fraction of sp³-hybridized carbons (Fsp3) is 0.424. The van der Waals surface area contributed by atoms with Crippen LogP contribution in [-0.4, -0.2) is 89.4 Å². The van der Waals surface area contributed by atoms with Gasteiger partial charge in [0.2, 0.25) is 5.91 Å². The third-order valence-corrected chi connectivity index (χ3v) is 9.64. The van der Waals surface area contributed by atoms with Gasteiger partial charge in [-0.15, -0.1) is 0 Å². The van der Waals surface area contributed by atoms with Crippen molar-refractivity contribution in [1.29, 1.82) is 5.26 Å². The molecule has 0 radical (unpaired) electrons. The van der Waals surface area contributed by atoms with Gasteiger partial charge in [-0.05, 0) is 62.2 Å². The number of nitrogens with zero attached hydrogens (tertiary/aromatic N) is 2.